The maximum Gasteiger partial charge on any atom is 0.417 e. The molecule has 164 valence electrons. The number of nitrogens with zero attached hydrogens (tertiary/aromatic N) is 2. The van der Waals surface area contributed by atoms with E-state index in [1.807, 2.05) is 42.5 Å². The zero-order valence-electron chi connectivity index (χ0n) is 17.5. The van der Waals surface area contributed by atoms with E-state index in [2.05, 4.69) is 0 Å². The summed E-state index contributed by atoms with van der Waals surface area (Å²) >= 11 is 0. The number of nitriles is 1. The van der Waals surface area contributed by atoms with Gasteiger partial charge < -0.3 is 4.57 Å². The van der Waals surface area contributed by atoms with E-state index in [4.69, 9.17) is 0 Å². The molecule has 0 spiro atoms. The quantitative estimate of drug-likeness (QED) is 0.376. The van der Waals surface area contributed by atoms with Gasteiger partial charge in [-0.1, -0.05) is 78.9 Å². The Labute approximate surface area is 189 Å². The molecule has 0 atom stereocenters. The molecule has 0 aliphatic rings. The minimum Gasteiger partial charge on any atom is -0.303 e. The SMILES string of the molecule is N#Cc1c(C(F)(F)F)cc(-c2cccc(Cc3ccccc3)c2)n(Cc2ccccc2)c1=O. The Bertz CT molecular complexity index is 1370. The normalized spacial score (nSPS) is 11.2. The second kappa shape index (κ2) is 9.17. The lowest BCUT2D eigenvalue weighted by atomic mass is 9.99. The maximum atomic E-state index is 13.7. The fourth-order valence-corrected chi connectivity index (χ4v) is 3.81. The molecule has 0 bridgehead atoms. The molecule has 4 aromatic rings. The molecule has 4 rings (SSSR count). The lowest BCUT2D eigenvalue weighted by molar-refractivity contribution is -0.137. The van der Waals surface area contributed by atoms with E-state index in [1.165, 1.54) is 10.6 Å². The van der Waals surface area contributed by atoms with E-state index in [9.17, 15) is 23.2 Å². The summed E-state index contributed by atoms with van der Waals surface area (Å²) in [4.78, 5) is 13.1. The molecule has 3 aromatic carbocycles. The van der Waals surface area contributed by atoms with E-state index in [0.717, 1.165) is 22.8 Å². The molecule has 0 unspecified atom stereocenters. The Balaban J connectivity index is 1.89. The van der Waals surface area contributed by atoms with Crippen LogP contribution >= 0.6 is 0 Å². The fourth-order valence-electron chi connectivity index (χ4n) is 3.81. The minimum absolute atomic E-state index is 0.0464. The van der Waals surface area contributed by atoms with Crippen LogP contribution in [0.25, 0.3) is 11.3 Å². The Morgan fingerprint density at radius 3 is 2.00 bits per heavy atom. The monoisotopic (exact) mass is 444 g/mol. The number of pyridine rings is 1. The van der Waals surface area contributed by atoms with Gasteiger partial charge in [-0.25, -0.2) is 0 Å². The summed E-state index contributed by atoms with van der Waals surface area (Å²) in [6, 6.07) is 28.2. The molecule has 6 heteroatoms. The second-order valence-electron chi connectivity index (χ2n) is 7.67. The van der Waals surface area contributed by atoms with Gasteiger partial charge in [0.2, 0.25) is 0 Å². The molecule has 33 heavy (non-hydrogen) atoms. The van der Waals surface area contributed by atoms with Crippen LogP contribution in [0.1, 0.15) is 27.8 Å². The predicted octanol–water partition coefficient (Wildman–Crippen LogP) is 6.04. The Kier molecular flexibility index (Phi) is 6.14. The van der Waals surface area contributed by atoms with Crippen LogP contribution in [0.3, 0.4) is 0 Å². The van der Waals surface area contributed by atoms with Crippen molar-refractivity contribution in [3.63, 3.8) is 0 Å². The van der Waals surface area contributed by atoms with Crippen molar-refractivity contribution in [2.24, 2.45) is 0 Å². The molecule has 3 nitrogen and oxygen atoms in total. The highest BCUT2D eigenvalue weighted by molar-refractivity contribution is 5.64. The van der Waals surface area contributed by atoms with Crippen molar-refractivity contribution >= 4 is 0 Å². The number of halogens is 3. The summed E-state index contributed by atoms with van der Waals surface area (Å²) in [7, 11) is 0. The van der Waals surface area contributed by atoms with Gasteiger partial charge in [0.15, 0.2) is 0 Å². The first-order valence-corrected chi connectivity index (χ1v) is 10.3. The van der Waals surface area contributed by atoms with Crippen LogP contribution in [0, 0.1) is 11.3 Å². The summed E-state index contributed by atoms with van der Waals surface area (Å²) in [5.41, 5.74) is 0.217. The molecule has 0 N–H and O–H groups in total. The van der Waals surface area contributed by atoms with Crippen molar-refractivity contribution < 1.29 is 13.2 Å². The Hall–Kier alpha value is -4.11. The maximum absolute atomic E-state index is 13.7. The van der Waals surface area contributed by atoms with Crippen molar-refractivity contribution in [3.8, 4) is 17.3 Å². The number of alkyl halides is 3. The first-order chi connectivity index (χ1) is 15.9. The summed E-state index contributed by atoms with van der Waals surface area (Å²) < 4.78 is 42.5. The van der Waals surface area contributed by atoms with Crippen molar-refractivity contribution in [2.45, 2.75) is 19.1 Å². The van der Waals surface area contributed by atoms with Gasteiger partial charge in [-0.15, -0.1) is 0 Å². The Morgan fingerprint density at radius 2 is 1.39 bits per heavy atom. The van der Waals surface area contributed by atoms with Crippen molar-refractivity contribution in [3.05, 3.63) is 129 Å². The van der Waals surface area contributed by atoms with Crippen LogP contribution in [-0.2, 0) is 19.1 Å². The predicted molar refractivity (Wildman–Crippen MR) is 121 cm³/mol. The highest BCUT2D eigenvalue weighted by Crippen LogP contribution is 2.34. The van der Waals surface area contributed by atoms with Crippen LogP contribution in [0.2, 0.25) is 0 Å². The lowest BCUT2D eigenvalue weighted by Crippen LogP contribution is -2.28. The van der Waals surface area contributed by atoms with Gasteiger partial charge in [-0.3, -0.25) is 4.79 Å². The molecular formula is C27H19F3N2O. The smallest absolute Gasteiger partial charge is 0.303 e. The van der Waals surface area contributed by atoms with E-state index in [1.54, 1.807) is 42.5 Å². The molecule has 0 aliphatic heterocycles. The number of aromatic nitrogens is 1. The van der Waals surface area contributed by atoms with Gasteiger partial charge >= 0.3 is 6.18 Å². The summed E-state index contributed by atoms with van der Waals surface area (Å²) in [5, 5.41) is 9.36. The van der Waals surface area contributed by atoms with Crippen molar-refractivity contribution in [1.29, 1.82) is 5.26 Å². The molecule has 1 heterocycles. The van der Waals surface area contributed by atoms with Crippen molar-refractivity contribution in [2.75, 3.05) is 0 Å². The lowest BCUT2D eigenvalue weighted by Gasteiger charge is -2.18. The number of hydrogen-bond donors (Lipinski definition) is 0. The zero-order valence-corrected chi connectivity index (χ0v) is 17.5. The first-order valence-electron chi connectivity index (χ1n) is 10.3. The highest BCUT2D eigenvalue weighted by atomic mass is 19.4. The summed E-state index contributed by atoms with van der Waals surface area (Å²) in [6.45, 7) is 0.0464. The highest BCUT2D eigenvalue weighted by Gasteiger charge is 2.36. The molecule has 1 aromatic heterocycles. The second-order valence-corrected chi connectivity index (χ2v) is 7.67. The van der Waals surface area contributed by atoms with Gasteiger partial charge in [0.05, 0.1) is 17.8 Å². The molecular weight excluding hydrogens is 425 g/mol. The van der Waals surface area contributed by atoms with Crippen LogP contribution in [-0.4, -0.2) is 4.57 Å². The third-order valence-corrected chi connectivity index (χ3v) is 5.37. The van der Waals surface area contributed by atoms with Crippen LogP contribution in [0.4, 0.5) is 13.2 Å². The summed E-state index contributed by atoms with van der Waals surface area (Å²) in [6.07, 6.45) is -4.23. The standard InChI is InChI=1S/C27H19F3N2O/c28-27(29,30)24-16-25(22-13-7-12-21(15-22)14-19-8-3-1-4-9-19)32(26(33)23(24)17-31)18-20-10-5-2-6-11-20/h1-13,15-16H,14,18H2. The van der Waals surface area contributed by atoms with Crippen molar-refractivity contribution in [1.82, 2.24) is 4.57 Å². The number of rotatable bonds is 5. The van der Waals surface area contributed by atoms with Gasteiger partial charge in [-0.05, 0) is 40.8 Å². The molecule has 0 amide bonds. The number of benzene rings is 3. The largest absolute Gasteiger partial charge is 0.417 e. The molecule has 0 radical (unpaired) electrons. The summed E-state index contributed by atoms with van der Waals surface area (Å²) in [5.74, 6) is 0. The van der Waals surface area contributed by atoms with Gasteiger partial charge in [0, 0.05) is 0 Å². The molecule has 0 fully saturated rings. The van der Waals surface area contributed by atoms with E-state index >= 15 is 0 Å². The molecule has 0 saturated heterocycles. The van der Waals surface area contributed by atoms with E-state index < -0.39 is 22.9 Å². The Morgan fingerprint density at radius 1 is 0.788 bits per heavy atom. The topological polar surface area (TPSA) is 45.8 Å². The van der Waals surface area contributed by atoms with E-state index in [0.29, 0.717) is 12.0 Å². The third kappa shape index (κ3) is 4.88. The van der Waals surface area contributed by atoms with Gasteiger partial charge in [-0.2, -0.15) is 18.4 Å². The molecule has 0 aliphatic carbocycles. The number of hydrogen-bond acceptors (Lipinski definition) is 2. The fraction of sp³-hybridized carbons (Fsp3) is 0.111. The van der Waals surface area contributed by atoms with Crippen LogP contribution < -0.4 is 5.56 Å². The van der Waals surface area contributed by atoms with Gasteiger partial charge in [0.1, 0.15) is 11.6 Å². The molecule has 0 saturated carbocycles. The third-order valence-electron chi connectivity index (χ3n) is 5.37. The zero-order chi connectivity index (χ0) is 23.4. The first kappa shape index (κ1) is 22.1. The van der Waals surface area contributed by atoms with Gasteiger partial charge in [0.25, 0.3) is 5.56 Å². The van der Waals surface area contributed by atoms with E-state index in [-0.39, 0.29) is 12.2 Å². The van der Waals surface area contributed by atoms with Crippen LogP contribution in [0.15, 0.2) is 95.8 Å². The van der Waals surface area contributed by atoms with Crippen LogP contribution in [0.5, 0.6) is 0 Å². The average molecular weight is 444 g/mol. The minimum atomic E-state index is -4.83. The average Bonchev–Trinajstić information content (AvgIpc) is 2.81.